The topological polar surface area (TPSA) is 0 Å². The maximum Gasteiger partial charge on any atom is 0.183 e. The van der Waals surface area contributed by atoms with Gasteiger partial charge in [-0.1, -0.05) is 0 Å². The molecule has 0 N–H and O–H groups in total. The van der Waals surface area contributed by atoms with Crippen molar-refractivity contribution in [1.29, 1.82) is 0 Å². The quantitative estimate of drug-likeness (QED) is 0.492. The first-order valence-corrected chi connectivity index (χ1v) is 2.03. The predicted octanol–water partition coefficient (Wildman–Crippen LogP) is 1.65. The van der Waals surface area contributed by atoms with Crippen LogP contribution in [0.5, 0.6) is 0 Å². The molecule has 0 aromatic heterocycles. The molecular weight excluding hydrogens is 142 g/mol. The van der Waals surface area contributed by atoms with Crippen LogP contribution in [0, 0.1) is 0 Å². The first-order valence-electron chi connectivity index (χ1n) is 1.11. The standard InChI is InChI=1S/C2H3BrF2/c3-2(5)1-4/h2H,1H2. The third-order valence-corrected chi connectivity index (χ3v) is 0.361. The van der Waals surface area contributed by atoms with E-state index >= 15 is 0 Å². The summed E-state index contributed by atoms with van der Waals surface area (Å²) in [5.41, 5.74) is 0. The summed E-state index contributed by atoms with van der Waals surface area (Å²) in [6.45, 7) is -0.944. The third kappa shape index (κ3) is 4.34. The molecule has 0 saturated heterocycles. The van der Waals surface area contributed by atoms with Crippen molar-refractivity contribution in [2.24, 2.45) is 0 Å². The van der Waals surface area contributed by atoms with Gasteiger partial charge in [-0.2, -0.15) is 0 Å². The van der Waals surface area contributed by atoms with Crippen LogP contribution in [-0.4, -0.2) is 11.8 Å². The lowest BCUT2D eigenvalue weighted by atomic mass is 10.9. The van der Waals surface area contributed by atoms with Crippen LogP contribution >= 0.6 is 15.9 Å². The third-order valence-electron chi connectivity index (χ3n) is 0.117. The SMILES string of the molecule is FCC(F)Br. The first-order chi connectivity index (χ1) is 2.27. The van der Waals surface area contributed by atoms with E-state index in [9.17, 15) is 8.78 Å². The molecule has 0 aliphatic heterocycles. The largest absolute Gasteiger partial charge is 0.247 e. The second-order valence-corrected chi connectivity index (χ2v) is 1.54. The fourth-order valence-corrected chi connectivity index (χ4v) is 0. The molecule has 0 heterocycles. The number of rotatable bonds is 1. The van der Waals surface area contributed by atoms with Gasteiger partial charge >= 0.3 is 0 Å². The molecule has 0 nitrogen and oxygen atoms in total. The zero-order valence-electron chi connectivity index (χ0n) is 2.42. The van der Waals surface area contributed by atoms with Gasteiger partial charge in [0.1, 0.15) is 6.67 Å². The Labute approximate surface area is 37.3 Å². The highest BCUT2D eigenvalue weighted by Gasteiger charge is 1.92. The van der Waals surface area contributed by atoms with E-state index in [1.807, 2.05) is 0 Å². The molecule has 3 heteroatoms. The molecule has 5 heavy (non-hydrogen) atoms. The summed E-state index contributed by atoms with van der Waals surface area (Å²) >= 11 is 2.33. The van der Waals surface area contributed by atoms with Gasteiger partial charge in [0.25, 0.3) is 0 Å². The highest BCUT2D eigenvalue weighted by atomic mass is 79.9. The maximum absolute atomic E-state index is 11.0. The average Bonchev–Trinajstić information content (AvgIpc) is 1.38. The van der Waals surface area contributed by atoms with Crippen molar-refractivity contribution in [3.63, 3.8) is 0 Å². The van der Waals surface area contributed by atoms with Crippen molar-refractivity contribution in [1.82, 2.24) is 0 Å². The summed E-state index contributed by atoms with van der Waals surface area (Å²) in [6.07, 6.45) is 0. The van der Waals surface area contributed by atoms with Gasteiger partial charge in [0.15, 0.2) is 5.08 Å². The lowest BCUT2D eigenvalue weighted by Gasteiger charge is -1.80. The molecule has 0 amide bonds. The highest BCUT2D eigenvalue weighted by molar-refractivity contribution is 9.09. The van der Waals surface area contributed by atoms with E-state index in [1.54, 1.807) is 0 Å². The Morgan fingerprint density at radius 2 is 2.00 bits per heavy atom. The van der Waals surface area contributed by atoms with Gasteiger partial charge < -0.3 is 0 Å². The van der Waals surface area contributed by atoms with E-state index in [0.717, 1.165) is 0 Å². The van der Waals surface area contributed by atoms with Crippen molar-refractivity contribution >= 4 is 15.9 Å². The average molecular weight is 145 g/mol. The fraction of sp³-hybridized carbons (Fsp3) is 1.00. The molecule has 0 aliphatic rings. The summed E-state index contributed by atoms with van der Waals surface area (Å²) in [7, 11) is 0. The lowest BCUT2D eigenvalue weighted by molar-refractivity contribution is 0.355. The second kappa shape index (κ2) is 2.57. The van der Waals surface area contributed by atoms with Gasteiger partial charge in [0, 0.05) is 0 Å². The molecule has 0 aliphatic carbocycles. The van der Waals surface area contributed by atoms with Crippen LogP contribution < -0.4 is 0 Å². The Morgan fingerprint density at radius 1 is 1.80 bits per heavy atom. The number of halogens is 3. The van der Waals surface area contributed by atoms with E-state index < -0.39 is 11.8 Å². The maximum atomic E-state index is 11.0. The Morgan fingerprint density at radius 3 is 2.00 bits per heavy atom. The molecule has 0 rings (SSSR count). The van der Waals surface area contributed by atoms with Crippen molar-refractivity contribution in [2.45, 2.75) is 5.08 Å². The van der Waals surface area contributed by atoms with Crippen LogP contribution in [-0.2, 0) is 0 Å². The normalized spacial score (nSPS) is 15.0. The zero-order chi connectivity index (χ0) is 4.28. The van der Waals surface area contributed by atoms with Crippen molar-refractivity contribution in [2.75, 3.05) is 6.67 Å². The predicted molar refractivity (Wildman–Crippen MR) is 19.8 cm³/mol. The van der Waals surface area contributed by atoms with E-state index in [0.29, 0.717) is 0 Å². The second-order valence-electron chi connectivity index (χ2n) is 0.545. The molecule has 0 radical (unpaired) electrons. The number of hydrogen-bond acceptors (Lipinski definition) is 0. The van der Waals surface area contributed by atoms with E-state index in [2.05, 4.69) is 15.9 Å². The molecule has 0 bridgehead atoms. The van der Waals surface area contributed by atoms with Crippen LogP contribution in [0.2, 0.25) is 0 Å². The van der Waals surface area contributed by atoms with Gasteiger partial charge in [0.2, 0.25) is 0 Å². The van der Waals surface area contributed by atoms with Crippen molar-refractivity contribution in [3.05, 3.63) is 0 Å². The fourth-order valence-electron chi connectivity index (χ4n) is 0. The summed E-state index contributed by atoms with van der Waals surface area (Å²) < 4.78 is 21.7. The van der Waals surface area contributed by atoms with Crippen LogP contribution in [0.1, 0.15) is 0 Å². The lowest BCUT2D eigenvalue weighted by Crippen LogP contribution is -1.85. The minimum atomic E-state index is -1.47. The number of alkyl halides is 3. The Balaban J connectivity index is 2.54. The Hall–Kier alpha value is 0.340. The van der Waals surface area contributed by atoms with Gasteiger partial charge in [-0.3, -0.25) is 0 Å². The molecule has 0 spiro atoms. The molecule has 0 saturated carbocycles. The van der Waals surface area contributed by atoms with E-state index in [4.69, 9.17) is 0 Å². The van der Waals surface area contributed by atoms with Crippen molar-refractivity contribution in [3.8, 4) is 0 Å². The van der Waals surface area contributed by atoms with Crippen LogP contribution in [0.15, 0.2) is 0 Å². The smallest absolute Gasteiger partial charge is 0.183 e. The van der Waals surface area contributed by atoms with Gasteiger partial charge in [-0.15, -0.1) is 0 Å². The summed E-state index contributed by atoms with van der Waals surface area (Å²) in [6, 6.07) is 0. The zero-order valence-corrected chi connectivity index (χ0v) is 4.00. The molecule has 0 fully saturated rings. The molecule has 0 aromatic carbocycles. The van der Waals surface area contributed by atoms with Gasteiger partial charge in [0.05, 0.1) is 0 Å². The summed E-state index contributed by atoms with van der Waals surface area (Å²) in [5, 5.41) is -1.47. The number of hydrogen-bond donors (Lipinski definition) is 0. The van der Waals surface area contributed by atoms with E-state index in [1.165, 1.54) is 0 Å². The Kier molecular flexibility index (Phi) is 2.75. The van der Waals surface area contributed by atoms with Crippen LogP contribution in [0.3, 0.4) is 0 Å². The van der Waals surface area contributed by atoms with E-state index in [-0.39, 0.29) is 0 Å². The first kappa shape index (κ1) is 5.34. The van der Waals surface area contributed by atoms with Gasteiger partial charge in [-0.05, 0) is 15.9 Å². The highest BCUT2D eigenvalue weighted by Crippen LogP contribution is 1.98. The van der Waals surface area contributed by atoms with Crippen molar-refractivity contribution < 1.29 is 8.78 Å². The molecule has 32 valence electrons. The molecule has 1 unspecified atom stereocenters. The monoisotopic (exact) mass is 144 g/mol. The minimum absolute atomic E-state index is 0.944. The van der Waals surface area contributed by atoms with Crippen LogP contribution in [0.4, 0.5) is 8.78 Å². The van der Waals surface area contributed by atoms with Crippen LogP contribution in [0.25, 0.3) is 0 Å². The minimum Gasteiger partial charge on any atom is -0.247 e. The molecule has 0 aromatic rings. The molecular formula is C2H3BrF2. The summed E-state index contributed by atoms with van der Waals surface area (Å²) in [4.78, 5) is 0. The summed E-state index contributed by atoms with van der Waals surface area (Å²) in [5.74, 6) is 0. The Bertz CT molecular complexity index is 21.6. The molecule has 1 atom stereocenters. The van der Waals surface area contributed by atoms with Gasteiger partial charge in [-0.25, -0.2) is 8.78 Å².